The van der Waals surface area contributed by atoms with E-state index in [9.17, 15) is 14.4 Å². The second kappa shape index (κ2) is 59.4. The molecule has 1 atom stereocenters. The van der Waals surface area contributed by atoms with Gasteiger partial charge in [0.1, 0.15) is 13.2 Å². The van der Waals surface area contributed by atoms with Crippen LogP contribution in [0.25, 0.3) is 0 Å². The van der Waals surface area contributed by atoms with Crippen molar-refractivity contribution in [2.24, 2.45) is 0 Å². The van der Waals surface area contributed by atoms with Crippen molar-refractivity contribution in [3.8, 4) is 0 Å². The maximum atomic E-state index is 12.9. The van der Waals surface area contributed by atoms with E-state index in [1.54, 1.807) is 0 Å². The number of allylic oxidation sites excluding steroid dienone is 12. The van der Waals surface area contributed by atoms with Crippen molar-refractivity contribution in [3.05, 3.63) is 72.9 Å². The van der Waals surface area contributed by atoms with Gasteiger partial charge in [0, 0.05) is 19.3 Å². The fourth-order valence-corrected chi connectivity index (χ4v) is 8.64. The van der Waals surface area contributed by atoms with Gasteiger partial charge in [-0.2, -0.15) is 0 Å². The van der Waals surface area contributed by atoms with Crippen molar-refractivity contribution in [2.75, 3.05) is 13.2 Å². The Balaban J connectivity index is 4.34. The summed E-state index contributed by atoms with van der Waals surface area (Å²) in [5.41, 5.74) is 0. The topological polar surface area (TPSA) is 78.9 Å². The minimum Gasteiger partial charge on any atom is -0.462 e. The minimum atomic E-state index is -0.783. The molecular formula is C65H114O6. The molecule has 0 aromatic rings. The van der Waals surface area contributed by atoms with Crippen LogP contribution in [0.3, 0.4) is 0 Å². The van der Waals surface area contributed by atoms with Gasteiger partial charge in [0.2, 0.25) is 0 Å². The molecular weight excluding hydrogens is 877 g/mol. The molecule has 0 saturated heterocycles. The largest absolute Gasteiger partial charge is 0.462 e. The molecule has 71 heavy (non-hydrogen) atoms. The summed E-state index contributed by atoms with van der Waals surface area (Å²) in [6.45, 7) is 6.53. The Hall–Kier alpha value is -3.15. The molecule has 410 valence electrons. The lowest BCUT2D eigenvalue weighted by Crippen LogP contribution is -2.30. The molecule has 6 heteroatoms. The van der Waals surface area contributed by atoms with Gasteiger partial charge in [-0.25, -0.2) is 0 Å². The highest BCUT2D eigenvalue weighted by Gasteiger charge is 2.19. The van der Waals surface area contributed by atoms with Crippen LogP contribution in [-0.4, -0.2) is 37.2 Å². The number of ether oxygens (including phenoxy) is 3. The summed E-state index contributed by atoms with van der Waals surface area (Å²) < 4.78 is 16.9. The normalized spacial score (nSPS) is 12.5. The Morgan fingerprint density at radius 2 is 0.549 bits per heavy atom. The van der Waals surface area contributed by atoms with Crippen molar-refractivity contribution < 1.29 is 28.6 Å². The highest BCUT2D eigenvalue weighted by molar-refractivity contribution is 5.71. The van der Waals surface area contributed by atoms with Crippen LogP contribution >= 0.6 is 0 Å². The molecule has 0 aromatic heterocycles. The van der Waals surface area contributed by atoms with Crippen molar-refractivity contribution in [1.29, 1.82) is 0 Å². The summed E-state index contributed by atoms with van der Waals surface area (Å²) in [6, 6.07) is 0. The van der Waals surface area contributed by atoms with E-state index in [1.165, 1.54) is 154 Å². The molecule has 0 aliphatic carbocycles. The first kappa shape index (κ1) is 67.8. The third-order valence-electron chi connectivity index (χ3n) is 13.2. The highest BCUT2D eigenvalue weighted by atomic mass is 16.6. The van der Waals surface area contributed by atoms with Gasteiger partial charge in [-0.1, -0.05) is 267 Å². The number of carbonyl (C=O) groups is 3. The van der Waals surface area contributed by atoms with Crippen LogP contribution in [0.1, 0.15) is 303 Å². The Morgan fingerprint density at radius 3 is 0.873 bits per heavy atom. The molecule has 0 amide bonds. The van der Waals surface area contributed by atoms with E-state index in [0.29, 0.717) is 19.3 Å². The smallest absolute Gasteiger partial charge is 0.306 e. The molecule has 0 radical (unpaired) electrons. The van der Waals surface area contributed by atoms with E-state index in [-0.39, 0.29) is 31.1 Å². The quantitative estimate of drug-likeness (QED) is 0.0261. The van der Waals surface area contributed by atoms with Gasteiger partial charge in [0.15, 0.2) is 6.10 Å². The zero-order chi connectivity index (χ0) is 51.4. The molecule has 0 N–H and O–H groups in total. The maximum absolute atomic E-state index is 12.9. The molecule has 0 spiro atoms. The average molecular weight is 992 g/mol. The van der Waals surface area contributed by atoms with Gasteiger partial charge in [-0.15, -0.1) is 0 Å². The van der Waals surface area contributed by atoms with E-state index in [1.807, 2.05) is 0 Å². The van der Waals surface area contributed by atoms with E-state index in [2.05, 4.69) is 93.7 Å². The van der Waals surface area contributed by atoms with E-state index >= 15 is 0 Å². The molecule has 6 nitrogen and oxygen atoms in total. The number of rotatable bonds is 55. The summed E-state index contributed by atoms with van der Waals surface area (Å²) in [4.78, 5) is 38.2. The Bertz CT molecular complexity index is 1320. The minimum absolute atomic E-state index is 0.0800. The van der Waals surface area contributed by atoms with Crippen molar-refractivity contribution in [1.82, 2.24) is 0 Å². The summed E-state index contributed by atoms with van der Waals surface area (Å²) in [6.07, 6.45) is 76.1. The number of hydrogen-bond acceptors (Lipinski definition) is 6. The summed E-state index contributed by atoms with van der Waals surface area (Å²) in [5.74, 6) is -0.891. The Labute approximate surface area is 440 Å². The molecule has 0 saturated carbocycles. The Morgan fingerprint density at radius 1 is 0.296 bits per heavy atom. The lowest BCUT2D eigenvalue weighted by molar-refractivity contribution is -0.167. The monoisotopic (exact) mass is 991 g/mol. The standard InChI is InChI=1S/C65H114O6/c1-4-7-10-13-16-19-22-24-26-28-30-32-34-36-38-40-43-46-49-52-55-58-64(67)70-61-62(60-69-63(66)57-54-51-48-45-42-21-18-15-12-9-6-3)71-65(68)59-56-53-50-47-44-41-39-37-35-33-31-29-27-25-23-20-17-14-11-8-5-2/h7,10,16,19,24,26,29-32,36,38,62H,4-6,8-9,11-15,17-18,20-23,25,27-28,33-35,37,39-61H2,1-3H3/b10-7-,19-16-,26-24-,31-29-,32-30-,38-36-. The number of unbranched alkanes of at least 4 members (excludes halogenated alkanes) is 32. The summed E-state index contributed by atoms with van der Waals surface area (Å²) in [7, 11) is 0. The first-order valence-corrected chi connectivity index (χ1v) is 30.4. The van der Waals surface area contributed by atoms with Crippen LogP contribution in [0.2, 0.25) is 0 Å². The predicted octanol–water partition coefficient (Wildman–Crippen LogP) is 20.5. The summed E-state index contributed by atoms with van der Waals surface area (Å²) >= 11 is 0. The fourth-order valence-electron chi connectivity index (χ4n) is 8.64. The van der Waals surface area contributed by atoms with Crippen LogP contribution < -0.4 is 0 Å². The van der Waals surface area contributed by atoms with Gasteiger partial charge < -0.3 is 14.2 Å². The predicted molar refractivity (Wildman–Crippen MR) is 307 cm³/mol. The van der Waals surface area contributed by atoms with Crippen LogP contribution in [0.4, 0.5) is 0 Å². The first-order valence-electron chi connectivity index (χ1n) is 30.4. The molecule has 0 aromatic carbocycles. The second-order valence-corrected chi connectivity index (χ2v) is 20.2. The fraction of sp³-hybridized carbons (Fsp3) is 0.769. The van der Waals surface area contributed by atoms with Crippen LogP contribution in [-0.2, 0) is 28.6 Å². The summed E-state index contributed by atoms with van der Waals surface area (Å²) in [5, 5.41) is 0. The van der Waals surface area contributed by atoms with Crippen molar-refractivity contribution in [3.63, 3.8) is 0 Å². The van der Waals surface area contributed by atoms with E-state index < -0.39 is 6.10 Å². The molecule has 0 heterocycles. The van der Waals surface area contributed by atoms with Crippen LogP contribution in [0.5, 0.6) is 0 Å². The zero-order valence-electron chi connectivity index (χ0n) is 47.0. The molecule has 0 aliphatic rings. The molecule has 0 aliphatic heterocycles. The van der Waals surface area contributed by atoms with Gasteiger partial charge in [0.05, 0.1) is 0 Å². The van der Waals surface area contributed by atoms with Crippen LogP contribution in [0, 0.1) is 0 Å². The number of hydrogen-bond donors (Lipinski definition) is 0. The van der Waals surface area contributed by atoms with E-state index in [4.69, 9.17) is 14.2 Å². The number of esters is 3. The molecule has 0 bridgehead atoms. The average Bonchev–Trinajstić information content (AvgIpc) is 3.37. The van der Waals surface area contributed by atoms with Crippen LogP contribution in [0.15, 0.2) is 72.9 Å². The van der Waals surface area contributed by atoms with Gasteiger partial charge >= 0.3 is 17.9 Å². The maximum Gasteiger partial charge on any atom is 0.306 e. The first-order chi connectivity index (χ1) is 35.0. The third-order valence-corrected chi connectivity index (χ3v) is 13.2. The number of carbonyl (C=O) groups excluding carboxylic acids is 3. The molecule has 0 rings (SSSR count). The third kappa shape index (κ3) is 57.6. The van der Waals surface area contributed by atoms with Crippen molar-refractivity contribution >= 4 is 17.9 Å². The second-order valence-electron chi connectivity index (χ2n) is 20.2. The van der Waals surface area contributed by atoms with Gasteiger partial charge in [-0.3, -0.25) is 14.4 Å². The van der Waals surface area contributed by atoms with E-state index in [0.717, 1.165) is 109 Å². The molecule has 0 fully saturated rings. The lowest BCUT2D eigenvalue weighted by atomic mass is 10.1. The molecule has 1 unspecified atom stereocenters. The highest BCUT2D eigenvalue weighted by Crippen LogP contribution is 2.16. The Kier molecular flexibility index (Phi) is 56.8. The SMILES string of the molecule is CC/C=C\C/C=C\C/C=C\C/C=C\C/C=C\CCCCCCCC(=O)OCC(COC(=O)CCCCCCCCCCCCC)OC(=O)CCCCCCCCCCC/C=C\CCCCCCCCCC. The zero-order valence-corrected chi connectivity index (χ0v) is 47.0. The van der Waals surface area contributed by atoms with Crippen molar-refractivity contribution in [2.45, 2.75) is 309 Å². The lowest BCUT2D eigenvalue weighted by Gasteiger charge is -2.18. The van der Waals surface area contributed by atoms with Gasteiger partial charge in [-0.05, 0) is 89.9 Å². The van der Waals surface area contributed by atoms with Gasteiger partial charge in [0.25, 0.3) is 0 Å².